The van der Waals surface area contributed by atoms with E-state index in [1.807, 2.05) is 0 Å². The van der Waals surface area contributed by atoms with E-state index in [0.29, 0.717) is 17.1 Å². The summed E-state index contributed by atoms with van der Waals surface area (Å²) >= 11 is 0.805. The SMILES string of the molecule is O=C1NC(=O)/C(=C\c2ccc(-c3ccc([N+](=O)[O-])cc3)o2)S1. The molecule has 1 aromatic heterocycles. The quantitative estimate of drug-likeness (QED) is 0.530. The summed E-state index contributed by atoms with van der Waals surface area (Å²) in [5.41, 5.74) is 0.671. The molecule has 8 heteroatoms. The second kappa shape index (κ2) is 5.49. The first-order chi connectivity index (χ1) is 10.5. The Morgan fingerprint density at radius 2 is 1.86 bits per heavy atom. The summed E-state index contributed by atoms with van der Waals surface area (Å²) in [6.45, 7) is 0. The van der Waals surface area contributed by atoms with E-state index in [2.05, 4.69) is 5.32 Å². The van der Waals surface area contributed by atoms with Crippen LogP contribution in [-0.4, -0.2) is 16.1 Å². The van der Waals surface area contributed by atoms with E-state index >= 15 is 0 Å². The van der Waals surface area contributed by atoms with Crippen LogP contribution in [0.2, 0.25) is 0 Å². The molecule has 0 spiro atoms. The second-order valence-electron chi connectivity index (χ2n) is 4.36. The summed E-state index contributed by atoms with van der Waals surface area (Å²) < 4.78 is 5.56. The van der Waals surface area contributed by atoms with Crippen LogP contribution in [0.3, 0.4) is 0 Å². The molecule has 110 valence electrons. The number of nitro benzene ring substituents is 1. The van der Waals surface area contributed by atoms with Crippen LogP contribution < -0.4 is 5.32 Å². The van der Waals surface area contributed by atoms with Gasteiger partial charge in [-0.15, -0.1) is 0 Å². The lowest BCUT2D eigenvalue weighted by atomic mass is 10.1. The highest BCUT2D eigenvalue weighted by atomic mass is 32.2. The van der Waals surface area contributed by atoms with Gasteiger partial charge in [0.1, 0.15) is 11.5 Å². The van der Waals surface area contributed by atoms with Gasteiger partial charge in [0.25, 0.3) is 16.8 Å². The first-order valence-corrected chi connectivity index (χ1v) is 6.94. The number of rotatable bonds is 3. The van der Waals surface area contributed by atoms with E-state index in [-0.39, 0.29) is 10.6 Å². The van der Waals surface area contributed by atoms with Gasteiger partial charge in [-0.1, -0.05) is 0 Å². The number of furan rings is 1. The third-order valence-corrected chi connectivity index (χ3v) is 3.72. The number of imide groups is 1. The molecule has 1 fully saturated rings. The lowest BCUT2D eigenvalue weighted by molar-refractivity contribution is -0.384. The van der Waals surface area contributed by atoms with E-state index < -0.39 is 16.1 Å². The minimum atomic E-state index is -0.477. The van der Waals surface area contributed by atoms with Gasteiger partial charge in [-0.2, -0.15) is 0 Å². The van der Waals surface area contributed by atoms with Crippen molar-refractivity contribution in [3.63, 3.8) is 0 Å². The number of non-ortho nitro benzene ring substituents is 1. The Morgan fingerprint density at radius 1 is 1.14 bits per heavy atom. The molecular formula is C14H8N2O5S. The zero-order valence-corrected chi connectivity index (χ0v) is 11.8. The Balaban J connectivity index is 1.85. The summed E-state index contributed by atoms with van der Waals surface area (Å²) in [6.07, 6.45) is 1.47. The molecule has 2 aromatic rings. The van der Waals surface area contributed by atoms with Gasteiger partial charge in [0.2, 0.25) is 0 Å². The Labute approximate surface area is 128 Å². The summed E-state index contributed by atoms with van der Waals surface area (Å²) in [5, 5.41) is 12.3. The lowest BCUT2D eigenvalue weighted by Crippen LogP contribution is -2.17. The Kier molecular flexibility index (Phi) is 3.51. The molecule has 0 aliphatic carbocycles. The van der Waals surface area contributed by atoms with Gasteiger partial charge in [0.05, 0.1) is 9.83 Å². The molecule has 1 aliphatic heterocycles. The second-order valence-corrected chi connectivity index (χ2v) is 5.37. The summed E-state index contributed by atoms with van der Waals surface area (Å²) in [6, 6.07) is 9.26. The van der Waals surface area contributed by atoms with Gasteiger partial charge >= 0.3 is 0 Å². The van der Waals surface area contributed by atoms with E-state index in [1.54, 1.807) is 24.3 Å². The number of amides is 2. The molecule has 0 radical (unpaired) electrons. The third-order valence-electron chi connectivity index (χ3n) is 2.90. The molecule has 0 unspecified atom stereocenters. The van der Waals surface area contributed by atoms with Crippen molar-refractivity contribution >= 4 is 34.7 Å². The maximum absolute atomic E-state index is 11.4. The topological polar surface area (TPSA) is 102 Å². The van der Waals surface area contributed by atoms with Crippen molar-refractivity contribution < 1.29 is 18.9 Å². The average molecular weight is 316 g/mol. The number of benzene rings is 1. The minimum Gasteiger partial charge on any atom is -0.457 e. The van der Waals surface area contributed by atoms with Crippen LogP contribution in [0.4, 0.5) is 10.5 Å². The summed E-state index contributed by atoms with van der Waals surface area (Å²) in [5.74, 6) is 0.473. The molecule has 2 heterocycles. The third kappa shape index (κ3) is 2.77. The van der Waals surface area contributed by atoms with Crippen molar-refractivity contribution in [2.45, 2.75) is 0 Å². The molecule has 1 aliphatic rings. The molecule has 0 saturated carbocycles. The van der Waals surface area contributed by atoms with Crippen molar-refractivity contribution in [3.05, 3.63) is 57.2 Å². The molecule has 0 atom stereocenters. The molecule has 2 amide bonds. The fourth-order valence-corrected chi connectivity index (χ4v) is 2.55. The predicted octanol–water partition coefficient (Wildman–Crippen LogP) is 3.18. The fraction of sp³-hybridized carbons (Fsp3) is 0. The smallest absolute Gasteiger partial charge is 0.290 e. The molecule has 7 nitrogen and oxygen atoms in total. The number of carbonyl (C=O) groups is 2. The molecule has 3 rings (SSSR count). The van der Waals surface area contributed by atoms with Gasteiger partial charge in [0.15, 0.2) is 0 Å². The van der Waals surface area contributed by atoms with Crippen LogP contribution in [0.1, 0.15) is 5.76 Å². The number of nitrogens with one attached hydrogen (secondary N) is 1. The van der Waals surface area contributed by atoms with Crippen molar-refractivity contribution in [1.29, 1.82) is 0 Å². The highest BCUT2D eigenvalue weighted by Crippen LogP contribution is 2.29. The van der Waals surface area contributed by atoms with Crippen LogP contribution >= 0.6 is 11.8 Å². The van der Waals surface area contributed by atoms with Crippen LogP contribution in [0.5, 0.6) is 0 Å². The van der Waals surface area contributed by atoms with E-state index in [9.17, 15) is 19.7 Å². The lowest BCUT2D eigenvalue weighted by Gasteiger charge is -1.96. The van der Waals surface area contributed by atoms with Crippen molar-refractivity contribution in [2.75, 3.05) is 0 Å². The number of thioether (sulfide) groups is 1. The van der Waals surface area contributed by atoms with Crippen LogP contribution in [0.25, 0.3) is 17.4 Å². The number of nitrogens with zero attached hydrogens (tertiary/aromatic N) is 1. The number of nitro groups is 1. The maximum Gasteiger partial charge on any atom is 0.290 e. The Hall–Kier alpha value is -2.87. The largest absolute Gasteiger partial charge is 0.457 e. The average Bonchev–Trinajstić information content (AvgIpc) is 3.06. The maximum atomic E-state index is 11.4. The van der Waals surface area contributed by atoms with Gasteiger partial charge in [0, 0.05) is 23.8 Å². The van der Waals surface area contributed by atoms with Gasteiger partial charge in [-0.05, 0) is 36.0 Å². The molecule has 1 saturated heterocycles. The van der Waals surface area contributed by atoms with Gasteiger partial charge < -0.3 is 4.42 Å². The first kappa shape index (κ1) is 14.1. The van der Waals surface area contributed by atoms with E-state index in [0.717, 1.165) is 11.8 Å². The first-order valence-electron chi connectivity index (χ1n) is 6.12. The van der Waals surface area contributed by atoms with Crippen molar-refractivity contribution in [1.82, 2.24) is 5.32 Å². The number of hydrogen-bond acceptors (Lipinski definition) is 6. The van der Waals surface area contributed by atoms with Gasteiger partial charge in [-0.3, -0.25) is 25.0 Å². The number of hydrogen-bond donors (Lipinski definition) is 1. The van der Waals surface area contributed by atoms with Crippen molar-refractivity contribution in [2.24, 2.45) is 0 Å². The zero-order chi connectivity index (χ0) is 15.7. The van der Waals surface area contributed by atoms with Crippen molar-refractivity contribution in [3.8, 4) is 11.3 Å². The Bertz CT molecular complexity index is 807. The highest BCUT2D eigenvalue weighted by Gasteiger charge is 2.25. The molecule has 22 heavy (non-hydrogen) atoms. The highest BCUT2D eigenvalue weighted by molar-refractivity contribution is 8.18. The molecule has 1 N–H and O–H groups in total. The minimum absolute atomic E-state index is 0.00446. The predicted molar refractivity (Wildman–Crippen MR) is 79.9 cm³/mol. The molecular weight excluding hydrogens is 308 g/mol. The standard InChI is InChI=1S/C14H8N2O5S/c17-13-12(22-14(18)15-13)7-10-5-6-11(21-10)8-1-3-9(4-2-8)16(19)20/h1-7H,(H,15,17,18)/b12-7+. The number of carbonyl (C=O) groups excluding carboxylic acids is 2. The van der Waals surface area contributed by atoms with Gasteiger partial charge in [-0.25, -0.2) is 0 Å². The zero-order valence-electron chi connectivity index (χ0n) is 10.9. The molecule has 0 bridgehead atoms. The summed E-state index contributed by atoms with van der Waals surface area (Å²) in [4.78, 5) is 32.9. The monoisotopic (exact) mass is 316 g/mol. The summed E-state index contributed by atoms with van der Waals surface area (Å²) in [7, 11) is 0. The molecule has 1 aromatic carbocycles. The van der Waals surface area contributed by atoms with Crippen LogP contribution in [0.15, 0.2) is 45.7 Å². The van der Waals surface area contributed by atoms with E-state index in [1.165, 1.54) is 18.2 Å². The normalized spacial score (nSPS) is 16.1. The Morgan fingerprint density at radius 3 is 2.45 bits per heavy atom. The van der Waals surface area contributed by atoms with E-state index in [4.69, 9.17) is 4.42 Å². The van der Waals surface area contributed by atoms with Crippen LogP contribution in [0, 0.1) is 10.1 Å². The fourth-order valence-electron chi connectivity index (χ4n) is 1.88. The van der Waals surface area contributed by atoms with Crippen LogP contribution in [-0.2, 0) is 4.79 Å².